The monoisotopic (exact) mass is 224 g/mol. The zero-order valence-corrected chi connectivity index (χ0v) is 10.6. The van der Waals surface area contributed by atoms with Crippen molar-refractivity contribution in [2.45, 2.75) is 31.2 Å². The van der Waals surface area contributed by atoms with Gasteiger partial charge in [-0.05, 0) is 25.1 Å². The molecule has 0 saturated heterocycles. The number of thioether (sulfide) groups is 1. The molecule has 0 aliphatic carbocycles. The quantitative estimate of drug-likeness (QED) is 0.752. The maximum atomic E-state index is 4.01. The number of hydrogen-bond acceptors (Lipinski definition) is 3. The van der Waals surface area contributed by atoms with Crippen LogP contribution in [-0.2, 0) is 0 Å². The second kappa shape index (κ2) is 6.85. The van der Waals surface area contributed by atoms with Crippen molar-refractivity contribution in [2.24, 2.45) is 5.92 Å². The predicted molar refractivity (Wildman–Crippen MR) is 67.3 cm³/mol. The molecule has 3 heteroatoms. The van der Waals surface area contributed by atoms with E-state index >= 15 is 0 Å². The average molecular weight is 224 g/mol. The fraction of sp³-hybridized carbons (Fsp3) is 0.583. The van der Waals surface area contributed by atoms with Gasteiger partial charge in [-0.1, -0.05) is 20.3 Å². The van der Waals surface area contributed by atoms with Gasteiger partial charge in [-0.2, -0.15) is 0 Å². The van der Waals surface area contributed by atoms with E-state index < -0.39 is 0 Å². The second-order valence-corrected chi connectivity index (χ2v) is 4.87. The zero-order chi connectivity index (χ0) is 11.1. The van der Waals surface area contributed by atoms with Crippen LogP contribution in [0.15, 0.2) is 29.4 Å². The van der Waals surface area contributed by atoms with Gasteiger partial charge in [0.25, 0.3) is 0 Å². The molecule has 0 saturated carbocycles. The predicted octanol–water partition coefficient (Wildman–Crippen LogP) is 2.81. The van der Waals surface area contributed by atoms with Gasteiger partial charge < -0.3 is 5.32 Å². The van der Waals surface area contributed by atoms with Crippen LogP contribution in [0.25, 0.3) is 0 Å². The number of nitrogens with one attached hydrogen (secondary N) is 1. The van der Waals surface area contributed by atoms with Gasteiger partial charge in [0.1, 0.15) is 0 Å². The molecule has 0 spiro atoms. The normalized spacial score (nSPS) is 14.9. The molecule has 2 atom stereocenters. The molecular formula is C12H20N2S. The van der Waals surface area contributed by atoms with E-state index in [-0.39, 0.29) is 0 Å². The van der Waals surface area contributed by atoms with Gasteiger partial charge in [0, 0.05) is 29.1 Å². The van der Waals surface area contributed by atoms with Crippen molar-refractivity contribution in [1.29, 1.82) is 0 Å². The Kier molecular flexibility index (Phi) is 5.73. The first-order valence-corrected chi connectivity index (χ1v) is 6.46. The summed E-state index contributed by atoms with van der Waals surface area (Å²) in [7, 11) is 2.05. The third-order valence-electron chi connectivity index (χ3n) is 2.78. The Hall–Kier alpha value is -0.540. The summed E-state index contributed by atoms with van der Waals surface area (Å²) in [5, 5.41) is 3.39. The average Bonchev–Trinajstić information content (AvgIpc) is 2.31. The Morgan fingerprint density at radius 2 is 2.07 bits per heavy atom. The van der Waals surface area contributed by atoms with Crippen molar-refractivity contribution in [3.05, 3.63) is 24.5 Å². The molecule has 1 rings (SSSR count). The van der Waals surface area contributed by atoms with Crippen LogP contribution in [0.2, 0.25) is 0 Å². The molecule has 2 unspecified atom stereocenters. The summed E-state index contributed by atoms with van der Waals surface area (Å²) >= 11 is 1.89. The van der Waals surface area contributed by atoms with Crippen LogP contribution in [0.3, 0.4) is 0 Å². The molecule has 1 aromatic heterocycles. The van der Waals surface area contributed by atoms with Gasteiger partial charge in [-0.15, -0.1) is 11.8 Å². The largest absolute Gasteiger partial charge is 0.316 e. The summed E-state index contributed by atoms with van der Waals surface area (Å²) in [4.78, 5) is 5.31. The standard InChI is InChI=1S/C12H20N2S/c1-4-10(2)12(13-3)9-15-11-5-7-14-8-6-11/h5-8,10,12-13H,4,9H2,1-3H3. The van der Waals surface area contributed by atoms with Crippen molar-refractivity contribution >= 4 is 11.8 Å². The number of nitrogens with zero attached hydrogens (tertiary/aromatic N) is 1. The van der Waals surface area contributed by atoms with Crippen molar-refractivity contribution in [2.75, 3.05) is 12.8 Å². The first kappa shape index (κ1) is 12.5. The molecule has 0 amide bonds. The first-order valence-electron chi connectivity index (χ1n) is 5.48. The minimum Gasteiger partial charge on any atom is -0.316 e. The van der Waals surface area contributed by atoms with Crippen LogP contribution in [-0.4, -0.2) is 23.8 Å². The summed E-state index contributed by atoms with van der Waals surface area (Å²) in [6.07, 6.45) is 4.92. The van der Waals surface area contributed by atoms with E-state index in [0.29, 0.717) is 6.04 Å². The van der Waals surface area contributed by atoms with Crippen LogP contribution in [0.1, 0.15) is 20.3 Å². The van der Waals surface area contributed by atoms with E-state index in [2.05, 4.69) is 36.3 Å². The molecule has 0 bridgehead atoms. The maximum Gasteiger partial charge on any atom is 0.0278 e. The third-order valence-corrected chi connectivity index (χ3v) is 3.91. The van der Waals surface area contributed by atoms with Crippen LogP contribution in [0.5, 0.6) is 0 Å². The third kappa shape index (κ3) is 4.22. The highest BCUT2D eigenvalue weighted by atomic mass is 32.2. The molecule has 0 aliphatic rings. The van der Waals surface area contributed by atoms with E-state index in [1.807, 2.05) is 31.2 Å². The molecule has 1 aromatic rings. The van der Waals surface area contributed by atoms with Crippen LogP contribution in [0, 0.1) is 5.92 Å². The molecule has 0 aromatic carbocycles. The lowest BCUT2D eigenvalue weighted by molar-refractivity contribution is 0.420. The van der Waals surface area contributed by atoms with E-state index in [1.54, 1.807) is 0 Å². The second-order valence-electron chi connectivity index (χ2n) is 3.77. The molecule has 1 heterocycles. The van der Waals surface area contributed by atoms with Gasteiger partial charge >= 0.3 is 0 Å². The fourth-order valence-electron chi connectivity index (χ4n) is 1.44. The van der Waals surface area contributed by atoms with Crippen LogP contribution < -0.4 is 5.32 Å². The van der Waals surface area contributed by atoms with Crippen LogP contribution in [0.4, 0.5) is 0 Å². The number of rotatable bonds is 6. The fourth-order valence-corrected chi connectivity index (χ4v) is 2.62. The smallest absolute Gasteiger partial charge is 0.0278 e. The summed E-state index contributed by atoms with van der Waals surface area (Å²) < 4.78 is 0. The minimum absolute atomic E-state index is 0.591. The molecule has 15 heavy (non-hydrogen) atoms. The Morgan fingerprint density at radius 3 is 2.60 bits per heavy atom. The maximum absolute atomic E-state index is 4.01. The van der Waals surface area contributed by atoms with E-state index in [4.69, 9.17) is 0 Å². The number of hydrogen-bond donors (Lipinski definition) is 1. The summed E-state index contributed by atoms with van der Waals surface area (Å²) in [6.45, 7) is 4.54. The van der Waals surface area contributed by atoms with Crippen molar-refractivity contribution in [1.82, 2.24) is 10.3 Å². The number of pyridine rings is 1. The minimum atomic E-state index is 0.591. The lowest BCUT2D eigenvalue weighted by atomic mass is 10.0. The van der Waals surface area contributed by atoms with E-state index in [0.717, 1.165) is 11.7 Å². The Balaban J connectivity index is 2.41. The Morgan fingerprint density at radius 1 is 1.40 bits per heavy atom. The summed E-state index contributed by atoms with van der Waals surface area (Å²) in [6, 6.07) is 4.72. The summed E-state index contributed by atoms with van der Waals surface area (Å²) in [5.41, 5.74) is 0. The van der Waals surface area contributed by atoms with Gasteiger partial charge in [0.05, 0.1) is 0 Å². The van der Waals surface area contributed by atoms with Gasteiger partial charge in [-0.3, -0.25) is 4.98 Å². The van der Waals surface area contributed by atoms with Gasteiger partial charge in [-0.25, -0.2) is 0 Å². The van der Waals surface area contributed by atoms with Crippen molar-refractivity contribution in [3.63, 3.8) is 0 Å². The van der Waals surface area contributed by atoms with Gasteiger partial charge in [0.2, 0.25) is 0 Å². The Labute approximate surface area is 96.9 Å². The molecule has 84 valence electrons. The van der Waals surface area contributed by atoms with Crippen LogP contribution >= 0.6 is 11.8 Å². The molecule has 0 fully saturated rings. The highest BCUT2D eigenvalue weighted by Crippen LogP contribution is 2.20. The molecule has 0 aliphatic heterocycles. The van der Waals surface area contributed by atoms with Gasteiger partial charge in [0.15, 0.2) is 0 Å². The molecule has 2 nitrogen and oxygen atoms in total. The topological polar surface area (TPSA) is 24.9 Å². The SMILES string of the molecule is CCC(C)C(CSc1ccncc1)NC. The highest BCUT2D eigenvalue weighted by Gasteiger charge is 2.13. The summed E-state index contributed by atoms with van der Waals surface area (Å²) in [5.74, 6) is 1.85. The lowest BCUT2D eigenvalue weighted by Gasteiger charge is -2.21. The number of aromatic nitrogens is 1. The molecule has 0 radical (unpaired) electrons. The molecular weight excluding hydrogens is 204 g/mol. The highest BCUT2D eigenvalue weighted by molar-refractivity contribution is 7.99. The van der Waals surface area contributed by atoms with E-state index in [9.17, 15) is 0 Å². The Bertz CT molecular complexity index is 264. The van der Waals surface area contributed by atoms with E-state index in [1.165, 1.54) is 11.3 Å². The first-order chi connectivity index (χ1) is 7.27. The zero-order valence-electron chi connectivity index (χ0n) is 9.73. The lowest BCUT2D eigenvalue weighted by Crippen LogP contribution is -2.34. The van der Waals surface area contributed by atoms with Crippen molar-refractivity contribution in [3.8, 4) is 0 Å². The molecule has 1 N–H and O–H groups in total. The van der Waals surface area contributed by atoms with Crippen molar-refractivity contribution < 1.29 is 0 Å².